The van der Waals surface area contributed by atoms with Crippen LogP contribution in [-0.2, 0) is 12.8 Å². The Labute approximate surface area is 120 Å². The van der Waals surface area contributed by atoms with E-state index in [1.807, 2.05) is 12.1 Å². The maximum absolute atomic E-state index is 4.67. The van der Waals surface area contributed by atoms with Gasteiger partial charge in [-0.2, -0.15) is 0 Å². The third kappa shape index (κ3) is 2.47. The average molecular weight is 319 g/mol. The van der Waals surface area contributed by atoms with Crippen LogP contribution in [-0.4, -0.2) is 21.5 Å². The van der Waals surface area contributed by atoms with E-state index < -0.39 is 0 Å². The first kappa shape index (κ1) is 12.5. The van der Waals surface area contributed by atoms with Crippen LogP contribution in [0.2, 0.25) is 0 Å². The summed E-state index contributed by atoms with van der Waals surface area (Å²) in [6.45, 7) is 2.96. The van der Waals surface area contributed by atoms with Crippen LogP contribution >= 0.6 is 15.9 Å². The van der Waals surface area contributed by atoms with Crippen LogP contribution in [0.4, 0.5) is 5.82 Å². The van der Waals surface area contributed by atoms with Crippen LogP contribution < -0.4 is 5.32 Å². The maximum atomic E-state index is 4.67. The van der Waals surface area contributed by atoms with Crippen LogP contribution in [0.25, 0.3) is 11.5 Å². The first-order valence-electron chi connectivity index (χ1n) is 6.53. The number of hydrogen-bond donors (Lipinski definition) is 1. The zero-order chi connectivity index (χ0) is 13.2. The molecule has 2 aromatic heterocycles. The molecule has 0 saturated carbocycles. The molecule has 0 saturated heterocycles. The van der Waals surface area contributed by atoms with Crippen LogP contribution in [0.15, 0.2) is 22.8 Å². The van der Waals surface area contributed by atoms with Crippen LogP contribution in [0.5, 0.6) is 0 Å². The molecule has 0 aliphatic heterocycles. The van der Waals surface area contributed by atoms with Gasteiger partial charge in [0.2, 0.25) is 0 Å². The second-order valence-corrected chi connectivity index (χ2v) is 5.48. The molecule has 0 atom stereocenters. The Morgan fingerprint density at radius 2 is 2.16 bits per heavy atom. The second kappa shape index (κ2) is 5.25. The summed E-state index contributed by atoms with van der Waals surface area (Å²) < 4.78 is 0.962. The SMILES string of the molecule is CCNc1nc(-c2ccc(Br)cn2)nc2c1CCC2. The highest BCUT2D eigenvalue weighted by atomic mass is 79.9. The van der Waals surface area contributed by atoms with E-state index in [2.05, 4.69) is 43.1 Å². The number of aromatic nitrogens is 3. The summed E-state index contributed by atoms with van der Waals surface area (Å²) in [5.41, 5.74) is 3.27. The van der Waals surface area contributed by atoms with Crippen molar-refractivity contribution in [2.45, 2.75) is 26.2 Å². The van der Waals surface area contributed by atoms with E-state index in [9.17, 15) is 0 Å². The summed E-state index contributed by atoms with van der Waals surface area (Å²) in [6.07, 6.45) is 5.06. The fourth-order valence-electron chi connectivity index (χ4n) is 2.37. The molecule has 5 heteroatoms. The molecular formula is C14H15BrN4. The van der Waals surface area contributed by atoms with Crippen LogP contribution in [0.3, 0.4) is 0 Å². The van der Waals surface area contributed by atoms with E-state index >= 15 is 0 Å². The van der Waals surface area contributed by atoms with E-state index in [0.29, 0.717) is 5.82 Å². The maximum Gasteiger partial charge on any atom is 0.180 e. The minimum absolute atomic E-state index is 0.712. The molecule has 0 amide bonds. The molecule has 0 bridgehead atoms. The molecule has 4 nitrogen and oxygen atoms in total. The molecule has 0 radical (unpaired) electrons. The fourth-order valence-corrected chi connectivity index (χ4v) is 2.60. The van der Waals surface area contributed by atoms with Crippen molar-refractivity contribution in [3.63, 3.8) is 0 Å². The Bertz CT molecular complexity index is 595. The summed E-state index contributed by atoms with van der Waals surface area (Å²) >= 11 is 3.39. The van der Waals surface area contributed by atoms with E-state index in [-0.39, 0.29) is 0 Å². The lowest BCUT2D eigenvalue weighted by Crippen LogP contribution is -2.07. The first-order chi connectivity index (χ1) is 9.28. The van der Waals surface area contributed by atoms with Crippen molar-refractivity contribution in [3.8, 4) is 11.5 Å². The zero-order valence-electron chi connectivity index (χ0n) is 10.8. The molecule has 0 unspecified atom stereocenters. The lowest BCUT2D eigenvalue weighted by molar-refractivity contribution is 0.899. The van der Waals surface area contributed by atoms with E-state index in [0.717, 1.165) is 35.4 Å². The van der Waals surface area contributed by atoms with Crippen molar-refractivity contribution in [1.29, 1.82) is 0 Å². The number of pyridine rings is 1. The highest BCUT2D eigenvalue weighted by molar-refractivity contribution is 9.10. The van der Waals surface area contributed by atoms with Gasteiger partial charge in [-0.25, -0.2) is 9.97 Å². The Hall–Kier alpha value is -1.49. The first-order valence-corrected chi connectivity index (χ1v) is 7.33. The number of aryl methyl sites for hydroxylation is 1. The molecule has 3 rings (SSSR count). The van der Waals surface area contributed by atoms with E-state index in [1.54, 1.807) is 6.20 Å². The van der Waals surface area contributed by atoms with Gasteiger partial charge in [0.25, 0.3) is 0 Å². The smallest absolute Gasteiger partial charge is 0.180 e. The van der Waals surface area contributed by atoms with Gasteiger partial charge >= 0.3 is 0 Å². The summed E-state index contributed by atoms with van der Waals surface area (Å²) in [5, 5.41) is 3.34. The zero-order valence-corrected chi connectivity index (χ0v) is 12.4. The normalized spacial score (nSPS) is 13.4. The van der Waals surface area contributed by atoms with E-state index in [1.165, 1.54) is 17.7 Å². The topological polar surface area (TPSA) is 50.7 Å². The number of rotatable bonds is 3. The van der Waals surface area contributed by atoms with Gasteiger partial charge in [-0.3, -0.25) is 4.98 Å². The highest BCUT2D eigenvalue weighted by Crippen LogP contribution is 2.28. The summed E-state index contributed by atoms with van der Waals surface area (Å²) in [6, 6.07) is 3.91. The minimum atomic E-state index is 0.712. The number of fused-ring (bicyclic) bond motifs is 1. The quantitative estimate of drug-likeness (QED) is 0.944. The molecule has 0 fully saturated rings. The Morgan fingerprint density at radius 1 is 1.26 bits per heavy atom. The van der Waals surface area contributed by atoms with Crippen molar-refractivity contribution >= 4 is 21.7 Å². The minimum Gasteiger partial charge on any atom is -0.370 e. The number of nitrogens with zero attached hydrogens (tertiary/aromatic N) is 3. The van der Waals surface area contributed by atoms with Gasteiger partial charge in [-0.15, -0.1) is 0 Å². The van der Waals surface area contributed by atoms with Crippen molar-refractivity contribution in [3.05, 3.63) is 34.1 Å². The summed E-state index contributed by atoms with van der Waals surface area (Å²) in [7, 11) is 0. The van der Waals surface area contributed by atoms with Crippen molar-refractivity contribution < 1.29 is 0 Å². The molecule has 2 heterocycles. The Balaban J connectivity index is 2.07. The lowest BCUT2D eigenvalue weighted by Gasteiger charge is -2.10. The van der Waals surface area contributed by atoms with Gasteiger partial charge < -0.3 is 5.32 Å². The number of halogens is 1. The molecule has 19 heavy (non-hydrogen) atoms. The molecule has 1 aliphatic rings. The summed E-state index contributed by atoms with van der Waals surface area (Å²) in [5.74, 6) is 1.69. The monoisotopic (exact) mass is 318 g/mol. The average Bonchev–Trinajstić information content (AvgIpc) is 2.88. The van der Waals surface area contributed by atoms with Crippen molar-refractivity contribution in [1.82, 2.24) is 15.0 Å². The number of anilines is 1. The molecule has 1 N–H and O–H groups in total. The lowest BCUT2D eigenvalue weighted by atomic mass is 10.2. The van der Waals surface area contributed by atoms with Gasteiger partial charge in [0.15, 0.2) is 5.82 Å². The van der Waals surface area contributed by atoms with Crippen LogP contribution in [0.1, 0.15) is 24.6 Å². The third-order valence-corrected chi connectivity index (χ3v) is 3.70. The standard InChI is InChI=1S/C14H15BrN4/c1-2-16-13-10-4-3-5-11(10)18-14(19-13)12-7-6-9(15)8-17-12/h6-8H,2-5H2,1H3,(H,16,18,19). The molecule has 2 aromatic rings. The fraction of sp³-hybridized carbons (Fsp3) is 0.357. The van der Waals surface area contributed by atoms with Gasteiger partial charge in [0, 0.05) is 28.5 Å². The van der Waals surface area contributed by atoms with Crippen molar-refractivity contribution in [2.24, 2.45) is 0 Å². The summed E-state index contributed by atoms with van der Waals surface area (Å²) in [4.78, 5) is 13.7. The largest absolute Gasteiger partial charge is 0.370 e. The molecular weight excluding hydrogens is 304 g/mol. The number of hydrogen-bond acceptors (Lipinski definition) is 4. The second-order valence-electron chi connectivity index (χ2n) is 4.57. The van der Waals surface area contributed by atoms with Gasteiger partial charge in [0.05, 0.1) is 0 Å². The molecule has 0 aromatic carbocycles. The van der Waals surface area contributed by atoms with Crippen molar-refractivity contribution in [2.75, 3.05) is 11.9 Å². The van der Waals surface area contributed by atoms with Crippen LogP contribution in [0, 0.1) is 0 Å². The third-order valence-electron chi connectivity index (χ3n) is 3.23. The molecule has 1 aliphatic carbocycles. The highest BCUT2D eigenvalue weighted by Gasteiger charge is 2.19. The molecule has 98 valence electrons. The Morgan fingerprint density at radius 3 is 2.89 bits per heavy atom. The predicted molar refractivity (Wildman–Crippen MR) is 79.2 cm³/mol. The van der Waals surface area contributed by atoms with Gasteiger partial charge in [-0.05, 0) is 54.2 Å². The predicted octanol–water partition coefficient (Wildman–Crippen LogP) is 3.22. The van der Waals surface area contributed by atoms with Gasteiger partial charge in [-0.1, -0.05) is 0 Å². The van der Waals surface area contributed by atoms with E-state index in [4.69, 9.17) is 0 Å². The van der Waals surface area contributed by atoms with Gasteiger partial charge in [0.1, 0.15) is 11.5 Å². The molecule has 0 spiro atoms. The number of nitrogens with one attached hydrogen (secondary N) is 1. The Kier molecular flexibility index (Phi) is 3.46.